The number of rotatable bonds is 4. The van der Waals surface area contributed by atoms with Crippen LogP contribution in [-0.4, -0.2) is 31.0 Å². The molecule has 1 N–H and O–H groups in total. The van der Waals surface area contributed by atoms with Crippen LogP contribution < -0.4 is 15.0 Å². The normalized spacial score (nSPS) is 15.0. The van der Waals surface area contributed by atoms with Crippen molar-refractivity contribution in [2.45, 2.75) is 19.4 Å². The van der Waals surface area contributed by atoms with Gasteiger partial charge in [-0.25, -0.2) is 4.39 Å². The van der Waals surface area contributed by atoms with Gasteiger partial charge in [-0.15, -0.1) is 0 Å². The summed E-state index contributed by atoms with van der Waals surface area (Å²) in [7, 11) is 0. The number of hydrogen-bond donors (Lipinski definition) is 1. The highest BCUT2D eigenvalue weighted by Crippen LogP contribution is 2.25. The fourth-order valence-corrected chi connectivity index (χ4v) is 2.80. The summed E-state index contributed by atoms with van der Waals surface area (Å²) in [5.41, 5.74) is 0.979. The second-order valence-electron chi connectivity index (χ2n) is 5.71. The van der Waals surface area contributed by atoms with Gasteiger partial charge >= 0.3 is 0 Å². The van der Waals surface area contributed by atoms with Crippen molar-refractivity contribution in [3.63, 3.8) is 0 Å². The van der Waals surface area contributed by atoms with E-state index in [1.807, 2.05) is 0 Å². The number of anilines is 1. The first kappa shape index (κ1) is 17.0. The van der Waals surface area contributed by atoms with Gasteiger partial charge in [0.05, 0.1) is 11.3 Å². The van der Waals surface area contributed by atoms with Crippen LogP contribution >= 0.6 is 0 Å². The highest BCUT2D eigenvalue weighted by Gasteiger charge is 2.30. The Labute approximate surface area is 145 Å². The van der Waals surface area contributed by atoms with E-state index in [-0.39, 0.29) is 17.6 Å². The monoisotopic (exact) mass is 342 g/mol. The van der Waals surface area contributed by atoms with Crippen molar-refractivity contribution in [1.29, 1.82) is 0 Å². The van der Waals surface area contributed by atoms with Gasteiger partial charge in [0.1, 0.15) is 0 Å². The molecule has 130 valence electrons. The first-order valence-electron chi connectivity index (χ1n) is 8.21. The molecule has 5 nitrogen and oxygen atoms in total. The fourth-order valence-electron chi connectivity index (χ4n) is 2.80. The molecule has 0 fully saturated rings. The number of fused-ring (bicyclic) bond motifs is 1. The maximum atomic E-state index is 13.8. The lowest BCUT2D eigenvalue weighted by molar-refractivity contribution is -0.125. The van der Waals surface area contributed by atoms with Crippen LogP contribution in [0.3, 0.4) is 0 Å². The van der Waals surface area contributed by atoms with Crippen molar-refractivity contribution in [3.8, 4) is 5.75 Å². The molecule has 3 rings (SSSR count). The van der Waals surface area contributed by atoms with E-state index in [0.29, 0.717) is 30.8 Å². The molecule has 25 heavy (non-hydrogen) atoms. The summed E-state index contributed by atoms with van der Waals surface area (Å²) in [6, 6.07) is 12.9. The maximum absolute atomic E-state index is 13.8. The molecule has 0 saturated carbocycles. The molecule has 2 aromatic rings. The summed E-state index contributed by atoms with van der Waals surface area (Å²) in [5.74, 6) is -0.981. The highest BCUT2D eigenvalue weighted by molar-refractivity contribution is 6.06. The number of benzene rings is 2. The van der Waals surface area contributed by atoms with Crippen molar-refractivity contribution >= 4 is 17.5 Å². The lowest BCUT2D eigenvalue weighted by atomic mass is 10.1. The predicted octanol–water partition coefficient (Wildman–Crippen LogP) is 2.76. The number of nitrogens with zero attached hydrogens (tertiary/aromatic N) is 1. The van der Waals surface area contributed by atoms with Crippen LogP contribution in [0.15, 0.2) is 48.5 Å². The number of hydrogen-bond acceptors (Lipinski definition) is 3. The molecule has 1 atom stereocenters. The zero-order valence-corrected chi connectivity index (χ0v) is 13.9. The lowest BCUT2D eigenvalue weighted by Gasteiger charge is -2.27. The average Bonchev–Trinajstić information content (AvgIpc) is 2.80. The third-order valence-corrected chi connectivity index (χ3v) is 4.08. The predicted molar refractivity (Wildman–Crippen MR) is 92.2 cm³/mol. The number of carbonyl (C=O) groups is 2. The molecule has 0 radical (unpaired) electrons. The number of carbonyl (C=O) groups excluding carboxylic acids is 2. The van der Waals surface area contributed by atoms with Gasteiger partial charge in [0, 0.05) is 13.1 Å². The average molecular weight is 342 g/mol. The Morgan fingerprint density at radius 3 is 2.72 bits per heavy atom. The van der Waals surface area contributed by atoms with Crippen LogP contribution in [0.5, 0.6) is 5.75 Å². The van der Waals surface area contributed by atoms with Gasteiger partial charge < -0.3 is 15.0 Å². The van der Waals surface area contributed by atoms with E-state index in [1.54, 1.807) is 43.3 Å². The van der Waals surface area contributed by atoms with Gasteiger partial charge in [-0.3, -0.25) is 9.59 Å². The largest absolute Gasteiger partial charge is 0.478 e. The summed E-state index contributed by atoms with van der Waals surface area (Å²) in [6.45, 7) is 2.48. The molecular formula is C19H19FN2O3. The highest BCUT2D eigenvalue weighted by atomic mass is 19.1. The van der Waals surface area contributed by atoms with E-state index < -0.39 is 11.9 Å². The minimum atomic E-state index is -0.835. The zero-order valence-electron chi connectivity index (χ0n) is 13.9. The molecule has 0 saturated heterocycles. The van der Waals surface area contributed by atoms with Gasteiger partial charge in [-0.1, -0.05) is 31.2 Å². The second kappa shape index (κ2) is 7.34. The van der Waals surface area contributed by atoms with E-state index in [9.17, 15) is 14.0 Å². The van der Waals surface area contributed by atoms with Crippen molar-refractivity contribution in [2.75, 3.05) is 18.0 Å². The van der Waals surface area contributed by atoms with Crippen molar-refractivity contribution in [2.24, 2.45) is 0 Å². The second-order valence-corrected chi connectivity index (χ2v) is 5.71. The van der Waals surface area contributed by atoms with Gasteiger partial charge in [-0.2, -0.15) is 0 Å². The van der Waals surface area contributed by atoms with Gasteiger partial charge in [0.2, 0.25) is 0 Å². The molecule has 0 bridgehead atoms. The van der Waals surface area contributed by atoms with Crippen LogP contribution in [0.25, 0.3) is 0 Å². The van der Waals surface area contributed by atoms with Crippen LogP contribution in [0.2, 0.25) is 0 Å². The number of halogens is 1. The summed E-state index contributed by atoms with van der Waals surface area (Å²) in [5, 5.41) is 2.77. The smallest absolute Gasteiger partial charge is 0.268 e. The molecule has 1 aliphatic heterocycles. The van der Waals surface area contributed by atoms with Crippen LogP contribution in [0.1, 0.15) is 23.7 Å². The summed E-state index contributed by atoms with van der Waals surface area (Å²) in [6.07, 6.45) is -0.453. The fraction of sp³-hybridized carbons (Fsp3) is 0.263. The maximum Gasteiger partial charge on any atom is 0.268 e. The van der Waals surface area contributed by atoms with E-state index in [2.05, 4.69) is 5.32 Å². The first-order chi connectivity index (χ1) is 12.1. The Balaban J connectivity index is 1.89. The third-order valence-electron chi connectivity index (χ3n) is 4.08. The van der Waals surface area contributed by atoms with Crippen LogP contribution in [-0.2, 0) is 4.79 Å². The summed E-state index contributed by atoms with van der Waals surface area (Å²) < 4.78 is 19.5. The third kappa shape index (κ3) is 3.47. The van der Waals surface area contributed by atoms with Crippen molar-refractivity contribution in [1.82, 2.24) is 5.32 Å². The molecule has 0 aromatic heterocycles. The minimum Gasteiger partial charge on any atom is -0.478 e. The molecule has 0 spiro atoms. The molecule has 1 heterocycles. The van der Waals surface area contributed by atoms with Gasteiger partial charge in [-0.05, 0) is 30.7 Å². The van der Waals surface area contributed by atoms with E-state index in [0.717, 1.165) is 0 Å². The van der Waals surface area contributed by atoms with Crippen LogP contribution in [0, 0.1) is 5.82 Å². The lowest BCUT2D eigenvalue weighted by Crippen LogP contribution is -2.44. The Hall–Kier alpha value is -2.89. The number of para-hydroxylation sites is 2. The molecule has 1 aliphatic rings. The molecule has 2 aromatic carbocycles. The summed E-state index contributed by atoms with van der Waals surface area (Å²) >= 11 is 0. The minimum absolute atomic E-state index is 0.0417. The Morgan fingerprint density at radius 1 is 1.24 bits per heavy atom. The Kier molecular flexibility index (Phi) is 4.97. The van der Waals surface area contributed by atoms with Crippen molar-refractivity contribution < 1.29 is 18.7 Å². The van der Waals surface area contributed by atoms with E-state index in [1.165, 1.54) is 17.0 Å². The SMILES string of the molecule is CCC(Oc1ccccc1F)C(=O)N1CCNC(=O)c2ccccc21. The molecule has 2 amide bonds. The van der Waals surface area contributed by atoms with Crippen LogP contribution in [0.4, 0.5) is 10.1 Å². The molecule has 0 aliphatic carbocycles. The first-order valence-corrected chi connectivity index (χ1v) is 8.21. The molecule has 1 unspecified atom stereocenters. The number of amides is 2. The number of ether oxygens (including phenoxy) is 1. The standard InChI is InChI=1S/C19H19FN2O3/c1-2-16(25-17-10-6-4-8-14(17)20)19(24)22-12-11-21-18(23)13-7-3-5-9-15(13)22/h3-10,16H,2,11-12H2,1H3,(H,21,23). The summed E-state index contributed by atoms with van der Waals surface area (Å²) in [4.78, 5) is 26.7. The Morgan fingerprint density at radius 2 is 1.96 bits per heavy atom. The van der Waals surface area contributed by atoms with E-state index >= 15 is 0 Å². The van der Waals surface area contributed by atoms with Gasteiger partial charge in [0.25, 0.3) is 11.8 Å². The number of nitrogens with one attached hydrogen (secondary N) is 1. The zero-order chi connectivity index (χ0) is 17.8. The molecular weight excluding hydrogens is 323 g/mol. The Bertz CT molecular complexity index is 794. The van der Waals surface area contributed by atoms with E-state index in [4.69, 9.17) is 4.74 Å². The molecule has 6 heteroatoms. The topological polar surface area (TPSA) is 58.6 Å². The quantitative estimate of drug-likeness (QED) is 0.929. The van der Waals surface area contributed by atoms with Crippen molar-refractivity contribution in [3.05, 3.63) is 59.9 Å². The van der Waals surface area contributed by atoms with Gasteiger partial charge in [0.15, 0.2) is 17.7 Å².